The summed E-state index contributed by atoms with van der Waals surface area (Å²) >= 11 is 5.79. The predicted molar refractivity (Wildman–Crippen MR) is 59.8 cm³/mol. The first kappa shape index (κ1) is 10.9. The summed E-state index contributed by atoms with van der Waals surface area (Å²) < 4.78 is 0. The first-order valence-electron chi connectivity index (χ1n) is 5.16. The molecule has 0 spiro atoms. The molecule has 1 aliphatic heterocycles. The Labute approximate surface area is 94.7 Å². The number of nitrogens with zero attached hydrogens (tertiary/aromatic N) is 2. The molecule has 1 fully saturated rings. The van der Waals surface area contributed by atoms with Crippen LogP contribution in [0.25, 0.3) is 0 Å². The molecule has 82 valence electrons. The van der Waals surface area contributed by atoms with Crippen molar-refractivity contribution in [2.45, 2.75) is 25.5 Å². The lowest BCUT2D eigenvalue weighted by Crippen LogP contribution is -2.60. The van der Waals surface area contributed by atoms with Crippen LogP contribution in [0.4, 0.5) is 0 Å². The van der Waals surface area contributed by atoms with E-state index in [-0.39, 0.29) is 0 Å². The third-order valence-corrected chi connectivity index (χ3v) is 3.10. The van der Waals surface area contributed by atoms with Gasteiger partial charge in [-0.1, -0.05) is 18.5 Å². The Kier molecular flexibility index (Phi) is 2.96. The summed E-state index contributed by atoms with van der Waals surface area (Å²) in [6.07, 6.45) is 2.53. The molecule has 0 amide bonds. The molecule has 3 nitrogen and oxygen atoms in total. The number of halogens is 1. The van der Waals surface area contributed by atoms with E-state index >= 15 is 0 Å². The van der Waals surface area contributed by atoms with Crippen molar-refractivity contribution < 1.29 is 5.11 Å². The zero-order valence-electron chi connectivity index (χ0n) is 8.78. The van der Waals surface area contributed by atoms with Crippen LogP contribution in [0, 0.1) is 0 Å². The fourth-order valence-corrected chi connectivity index (χ4v) is 2.12. The number of hydrogen-bond donors (Lipinski definition) is 1. The van der Waals surface area contributed by atoms with Gasteiger partial charge in [-0.05, 0) is 24.1 Å². The number of rotatable bonds is 3. The maximum absolute atomic E-state index is 9.84. The molecular formula is C11H15ClN2O. The van der Waals surface area contributed by atoms with Crippen molar-refractivity contribution in [1.82, 2.24) is 9.88 Å². The van der Waals surface area contributed by atoms with Gasteiger partial charge in [0.15, 0.2) is 0 Å². The number of pyridine rings is 1. The highest BCUT2D eigenvalue weighted by Crippen LogP contribution is 2.25. The molecule has 0 bridgehead atoms. The van der Waals surface area contributed by atoms with E-state index in [0.29, 0.717) is 5.15 Å². The van der Waals surface area contributed by atoms with Gasteiger partial charge in [-0.15, -0.1) is 0 Å². The van der Waals surface area contributed by atoms with Crippen LogP contribution in [0.15, 0.2) is 18.3 Å². The van der Waals surface area contributed by atoms with Gasteiger partial charge >= 0.3 is 0 Å². The molecule has 0 aliphatic carbocycles. The summed E-state index contributed by atoms with van der Waals surface area (Å²) in [6.45, 7) is 4.36. The second-order valence-corrected chi connectivity index (χ2v) is 4.60. The summed E-state index contributed by atoms with van der Waals surface area (Å²) in [5, 5.41) is 10.4. The minimum absolute atomic E-state index is 0.461. The van der Waals surface area contributed by atoms with Crippen molar-refractivity contribution >= 4 is 11.6 Å². The number of β-amino-alcohol motifs (C(OH)–C–C–N with tert-alkyl or cyclic N) is 1. The highest BCUT2D eigenvalue weighted by atomic mass is 35.5. The van der Waals surface area contributed by atoms with Gasteiger partial charge in [0.05, 0.1) is 5.60 Å². The summed E-state index contributed by atoms with van der Waals surface area (Å²) in [5.41, 5.74) is 0.685. The average Bonchev–Trinajstić information content (AvgIpc) is 2.15. The average molecular weight is 227 g/mol. The molecule has 0 aromatic carbocycles. The van der Waals surface area contributed by atoms with Crippen molar-refractivity contribution in [2.75, 3.05) is 13.1 Å². The van der Waals surface area contributed by atoms with Gasteiger partial charge in [-0.25, -0.2) is 4.98 Å². The first-order chi connectivity index (χ1) is 7.11. The maximum Gasteiger partial charge on any atom is 0.129 e. The monoisotopic (exact) mass is 226 g/mol. The Balaban J connectivity index is 1.90. The van der Waals surface area contributed by atoms with E-state index < -0.39 is 5.60 Å². The Morgan fingerprint density at radius 1 is 1.60 bits per heavy atom. The van der Waals surface area contributed by atoms with Crippen LogP contribution in [0.2, 0.25) is 5.15 Å². The van der Waals surface area contributed by atoms with Crippen LogP contribution < -0.4 is 0 Å². The molecule has 0 atom stereocenters. The first-order valence-corrected chi connectivity index (χ1v) is 5.54. The highest BCUT2D eigenvalue weighted by Gasteiger charge is 2.38. The number of aliphatic hydroxyl groups is 1. The van der Waals surface area contributed by atoms with Crippen molar-refractivity contribution in [2.24, 2.45) is 0 Å². The normalized spacial score (nSPS) is 19.9. The Morgan fingerprint density at radius 3 is 2.93 bits per heavy atom. The topological polar surface area (TPSA) is 36.4 Å². The highest BCUT2D eigenvalue weighted by molar-refractivity contribution is 6.29. The minimum atomic E-state index is -0.461. The van der Waals surface area contributed by atoms with Gasteiger partial charge in [0.1, 0.15) is 5.15 Å². The van der Waals surface area contributed by atoms with Crippen molar-refractivity contribution in [3.63, 3.8) is 0 Å². The van der Waals surface area contributed by atoms with Gasteiger partial charge in [-0.2, -0.15) is 0 Å². The van der Waals surface area contributed by atoms with E-state index in [2.05, 4.69) is 9.88 Å². The maximum atomic E-state index is 9.84. The van der Waals surface area contributed by atoms with E-state index in [9.17, 15) is 5.11 Å². The second-order valence-electron chi connectivity index (χ2n) is 4.21. The lowest BCUT2D eigenvalue weighted by Gasteiger charge is -2.46. The molecule has 1 N–H and O–H groups in total. The summed E-state index contributed by atoms with van der Waals surface area (Å²) in [5.74, 6) is 0. The molecule has 2 rings (SSSR count). The van der Waals surface area contributed by atoms with E-state index in [1.54, 1.807) is 6.20 Å². The van der Waals surface area contributed by atoms with Gasteiger partial charge in [0, 0.05) is 25.8 Å². The molecule has 0 unspecified atom stereocenters. The smallest absolute Gasteiger partial charge is 0.129 e. The van der Waals surface area contributed by atoms with Gasteiger partial charge in [-0.3, -0.25) is 4.90 Å². The SMILES string of the molecule is CCC1(O)CN(Cc2ccnc(Cl)c2)C1. The third kappa shape index (κ3) is 2.48. The molecule has 1 aliphatic rings. The minimum Gasteiger partial charge on any atom is -0.387 e. The number of likely N-dealkylation sites (tertiary alicyclic amines) is 1. The van der Waals surface area contributed by atoms with Crippen LogP contribution in [-0.2, 0) is 6.54 Å². The molecule has 2 heterocycles. The fraction of sp³-hybridized carbons (Fsp3) is 0.545. The molecule has 15 heavy (non-hydrogen) atoms. The lowest BCUT2D eigenvalue weighted by molar-refractivity contribution is -0.103. The second kappa shape index (κ2) is 4.08. The van der Waals surface area contributed by atoms with Crippen LogP contribution in [0.3, 0.4) is 0 Å². The van der Waals surface area contributed by atoms with Gasteiger partial charge < -0.3 is 5.11 Å². The van der Waals surface area contributed by atoms with Gasteiger partial charge in [0.2, 0.25) is 0 Å². The van der Waals surface area contributed by atoms with Crippen molar-refractivity contribution in [1.29, 1.82) is 0 Å². The Hall–Kier alpha value is -0.640. The van der Waals surface area contributed by atoms with Crippen LogP contribution in [-0.4, -0.2) is 33.7 Å². The third-order valence-electron chi connectivity index (χ3n) is 2.89. The molecule has 1 aromatic heterocycles. The number of aromatic nitrogens is 1. The molecule has 0 saturated carbocycles. The predicted octanol–water partition coefficient (Wildman–Crippen LogP) is 1.69. The van der Waals surface area contributed by atoms with E-state index in [1.807, 2.05) is 19.1 Å². The quantitative estimate of drug-likeness (QED) is 0.797. The molecular weight excluding hydrogens is 212 g/mol. The van der Waals surface area contributed by atoms with E-state index in [0.717, 1.165) is 31.6 Å². The fourth-order valence-electron chi connectivity index (χ4n) is 1.92. The summed E-state index contributed by atoms with van der Waals surface area (Å²) in [7, 11) is 0. The molecule has 4 heteroatoms. The lowest BCUT2D eigenvalue weighted by atomic mass is 9.91. The van der Waals surface area contributed by atoms with Crippen LogP contribution in [0.1, 0.15) is 18.9 Å². The number of hydrogen-bond acceptors (Lipinski definition) is 3. The Bertz CT molecular complexity index is 350. The standard InChI is InChI=1S/C11H15ClN2O/c1-2-11(15)7-14(8-11)6-9-3-4-13-10(12)5-9/h3-5,15H,2,6-8H2,1H3. The Morgan fingerprint density at radius 2 is 2.33 bits per heavy atom. The van der Waals surface area contributed by atoms with E-state index in [4.69, 9.17) is 11.6 Å². The van der Waals surface area contributed by atoms with Gasteiger partial charge in [0.25, 0.3) is 0 Å². The zero-order chi connectivity index (χ0) is 10.9. The van der Waals surface area contributed by atoms with Crippen LogP contribution in [0.5, 0.6) is 0 Å². The largest absolute Gasteiger partial charge is 0.387 e. The van der Waals surface area contributed by atoms with E-state index in [1.165, 1.54) is 0 Å². The summed E-state index contributed by atoms with van der Waals surface area (Å²) in [4.78, 5) is 6.14. The van der Waals surface area contributed by atoms with Crippen molar-refractivity contribution in [3.8, 4) is 0 Å². The zero-order valence-corrected chi connectivity index (χ0v) is 9.54. The molecule has 1 aromatic rings. The molecule has 1 saturated heterocycles. The molecule has 0 radical (unpaired) electrons. The van der Waals surface area contributed by atoms with Crippen molar-refractivity contribution in [3.05, 3.63) is 29.0 Å². The van der Waals surface area contributed by atoms with Crippen LogP contribution >= 0.6 is 11.6 Å². The summed E-state index contributed by atoms with van der Waals surface area (Å²) in [6, 6.07) is 3.82.